The molecular formula is C15H20LiN. The van der Waals surface area contributed by atoms with Gasteiger partial charge in [-0.25, -0.2) is 0 Å². The van der Waals surface area contributed by atoms with Crippen LogP contribution in [0.5, 0.6) is 0 Å². The van der Waals surface area contributed by atoms with E-state index >= 15 is 0 Å². The summed E-state index contributed by atoms with van der Waals surface area (Å²) in [5.41, 5.74) is 1.28. The van der Waals surface area contributed by atoms with Gasteiger partial charge in [0.15, 0.2) is 0 Å². The van der Waals surface area contributed by atoms with E-state index < -0.39 is 0 Å². The quantitative estimate of drug-likeness (QED) is 0.617. The molecule has 0 aliphatic heterocycles. The third kappa shape index (κ3) is 4.26. The van der Waals surface area contributed by atoms with E-state index in [1.54, 1.807) is 0 Å². The normalized spacial score (nSPS) is 17.6. The van der Waals surface area contributed by atoms with Crippen LogP contribution in [0, 0.1) is 6.92 Å². The monoisotopic (exact) mass is 221 g/mol. The molecule has 1 aromatic carbocycles. The Kier molecular flexibility index (Phi) is 5.89. The van der Waals surface area contributed by atoms with Crippen molar-refractivity contribution in [1.29, 1.82) is 0 Å². The Morgan fingerprint density at radius 3 is 2.65 bits per heavy atom. The molecule has 86 valence electrons. The van der Waals surface area contributed by atoms with E-state index in [0.717, 1.165) is 5.22 Å². The summed E-state index contributed by atoms with van der Waals surface area (Å²) in [6, 6.07) is 6.88. The maximum atomic E-state index is 4.69. The molecule has 0 unspecified atom stereocenters. The number of nitrogens with zero attached hydrogens (tertiary/aromatic N) is 1. The van der Waals surface area contributed by atoms with Crippen LogP contribution in [0.1, 0.15) is 37.7 Å². The van der Waals surface area contributed by atoms with Crippen molar-refractivity contribution in [2.24, 2.45) is 0 Å². The number of benzene rings is 1. The smallest absolute Gasteiger partial charge is 0.687 e. The molecule has 0 radical (unpaired) electrons. The summed E-state index contributed by atoms with van der Waals surface area (Å²) in [6.45, 7) is 6.14. The Balaban J connectivity index is 0.00000144. The second-order valence-corrected chi connectivity index (χ2v) is 4.77. The van der Waals surface area contributed by atoms with Crippen LogP contribution < -0.4 is 29.3 Å². The zero-order valence-corrected chi connectivity index (χ0v) is 11.1. The number of hydrogen-bond acceptors (Lipinski definition) is 0. The van der Waals surface area contributed by atoms with Crippen LogP contribution in [0.3, 0.4) is 0 Å². The average molecular weight is 221 g/mol. The Morgan fingerprint density at radius 1 is 1.24 bits per heavy atom. The van der Waals surface area contributed by atoms with Gasteiger partial charge in [0.2, 0.25) is 0 Å². The van der Waals surface area contributed by atoms with Gasteiger partial charge in [0.05, 0.1) is 0 Å². The molecule has 17 heavy (non-hydrogen) atoms. The second kappa shape index (κ2) is 6.94. The van der Waals surface area contributed by atoms with Crippen LogP contribution >= 0.6 is 0 Å². The van der Waals surface area contributed by atoms with Crippen LogP contribution in [0.25, 0.3) is 18.1 Å². The zero-order chi connectivity index (χ0) is 11.4. The summed E-state index contributed by atoms with van der Waals surface area (Å²) in [6.07, 6.45) is 8.60. The van der Waals surface area contributed by atoms with Gasteiger partial charge in [0.1, 0.15) is 0 Å². The van der Waals surface area contributed by atoms with Crippen molar-refractivity contribution in [3.8, 4) is 0 Å². The molecule has 1 aliphatic carbocycles. The fourth-order valence-corrected chi connectivity index (χ4v) is 2.25. The maximum Gasteiger partial charge on any atom is 1.00 e. The fraction of sp³-hybridized carbons (Fsp3) is 0.467. The fourth-order valence-electron chi connectivity index (χ4n) is 2.25. The van der Waals surface area contributed by atoms with Gasteiger partial charge < -0.3 is 5.32 Å². The van der Waals surface area contributed by atoms with Crippen LogP contribution in [0.15, 0.2) is 18.2 Å². The average Bonchev–Trinajstić information content (AvgIpc) is 2.32. The standard InChI is InChI=1S/C15H20N.Li/c1-12-8-9-13(2)14(10-12)11-16-15-6-4-3-5-7-15;/h8-11,15H,2-7H2,1H3;/q-1;+1/b14-11+;. The summed E-state index contributed by atoms with van der Waals surface area (Å²) < 4.78 is 0. The van der Waals surface area contributed by atoms with Crippen molar-refractivity contribution >= 4 is 12.8 Å². The van der Waals surface area contributed by atoms with Gasteiger partial charge >= 0.3 is 18.9 Å². The number of rotatable bonds is 2. The van der Waals surface area contributed by atoms with Gasteiger partial charge in [-0.1, -0.05) is 62.4 Å². The van der Waals surface area contributed by atoms with Crippen LogP contribution in [-0.4, -0.2) is 6.04 Å². The van der Waals surface area contributed by atoms with Crippen molar-refractivity contribution in [3.63, 3.8) is 0 Å². The topological polar surface area (TPSA) is 14.1 Å². The van der Waals surface area contributed by atoms with Crippen molar-refractivity contribution < 1.29 is 18.9 Å². The van der Waals surface area contributed by atoms with Crippen molar-refractivity contribution in [2.45, 2.75) is 45.1 Å². The van der Waals surface area contributed by atoms with E-state index in [9.17, 15) is 0 Å². The van der Waals surface area contributed by atoms with Gasteiger partial charge in [-0.2, -0.15) is 6.20 Å². The second-order valence-electron chi connectivity index (χ2n) is 4.77. The van der Waals surface area contributed by atoms with Crippen LogP contribution in [0.2, 0.25) is 0 Å². The zero-order valence-electron chi connectivity index (χ0n) is 11.1. The third-order valence-corrected chi connectivity index (χ3v) is 3.30. The first kappa shape index (κ1) is 14.4. The summed E-state index contributed by atoms with van der Waals surface area (Å²) in [5.74, 6) is 0. The predicted molar refractivity (Wildman–Crippen MR) is 70.6 cm³/mol. The van der Waals surface area contributed by atoms with Crippen molar-refractivity contribution in [1.82, 2.24) is 0 Å². The van der Waals surface area contributed by atoms with Crippen molar-refractivity contribution in [2.75, 3.05) is 0 Å². The first-order valence-corrected chi connectivity index (χ1v) is 6.21. The van der Waals surface area contributed by atoms with E-state index in [2.05, 4.69) is 31.7 Å². The molecule has 0 aromatic heterocycles. The molecular weight excluding hydrogens is 201 g/mol. The molecule has 1 aromatic rings. The molecule has 0 atom stereocenters. The summed E-state index contributed by atoms with van der Waals surface area (Å²) in [4.78, 5) is 0. The van der Waals surface area contributed by atoms with Crippen LogP contribution in [-0.2, 0) is 0 Å². The Hall–Kier alpha value is -0.643. The minimum absolute atomic E-state index is 0. The predicted octanol–water partition coefficient (Wildman–Crippen LogP) is -0.146. The molecule has 0 saturated heterocycles. The first-order chi connectivity index (χ1) is 7.75. The van der Waals surface area contributed by atoms with E-state index in [-0.39, 0.29) is 18.9 Å². The molecule has 1 aliphatic rings. The third-order valence-electron chi connectivity index (χ3n) is 3.30. The van der Waals surface area contributed by atoms with E-state index in [4.69, 9.17) is 5.32 Å². The molecule has 2 rings (SSSR count). The molecule has 2 heteroatoms. The van der Waals surface area contributed by atoms with Crippen LogP contribution in [0.4, 0.5) is 0 Å². The van der Waals surface area contributed by atoms with Gasteiger partial charge in [0.25, 0.3) is 0 Å². The molecule has 0 amide bonds. The van der Waals surface area contributed by atoms with E-state index in [1.807, 2.05) is 6.20 Å². The van der Waals surface area contributed by atoms with Gasteiger partial charge in [-0.05, 0) is 17.4 Å². The molecule has 0 N–H and O–H groups in total. The van der Waals surface area contributed by atoms with Gasteiger partial charge in [-0.3, -0.25) is 0 Å². The Bertz CT molecular complexity index is 446. The number of aryl methyl sites for hydroxylation is 1. The Morgan fingerprint density at radius 2 is 1.94 bits per heavy atom. The SMILES string of the molecule is C=c1ccc(C)c/c1=C\[N-]C1CCCCC1.[Li+]. The molecule has 1 saturated carbocycles. The molecule has 1 nitrogen and oxygen atoms in total. The molecule has 1 fully saturated rings. The van der Waals surface area contributed by atoms with Crippen molar-refractivity contribution in [3.05, 3.63) is 39.5 Å². The number of hydrogen-bond donors (Lipinski definition) is 0. The summed E-state index contributed by atoms with van der Waals surface area (Å²) >= 11 is 0. The van der Waals surface area contributed by atoms with E-state index in [0.29, 0.717) is 6.04 Å². The minimum Gasteiger partial charge on any atom is -0.687 e. The largest absolute Gasteiger partial charge is 1.00 e. The minimum atomic E-state index is 0. The Labute approximate surface area is 116 Å². The van der Waals surface area contributed by atoms with Gasteiger partial charge in [-0.15, -0.1) is 6.04 Å². The van der Waals surface area contributed by atoms with E-state index in [1.165, 1.54) is 42.9 Å². The molecule has 0 heterocycles. The summed E-state index contributed by atoms with van der Waals surface area (Å²) in [7, 11) is 0. The molecule has 0 spiro atoms. The van der Waals surface area contributed by atoms with Gasteiger partial charge in [0, 0.05) is 0 Å². The first-order valence-electron chi connectivity index (χ1n) is 6.21. The molecule has 0 bridgehead atoms. The maximum absolute atomic E-state index is 4.69. The summed E-state index contributed by atoms with van der Waals surface area (Å²) in [5, 5.41) is 6.94.